The lowest BCUT2D eigenvalue weighted by atomic mass is 9.93. The second-order valence-electron chi connectivity index (χ2n) is 5.42. The molecule has 2 heterocycles. The van der Waals surface area contributed by atoms with Crippen molar-refractivity contribution in [1.29, 1.82) is 0 Å². The van der Waals surface area contributed by atoms with Gasteiger partial charge in [-0.1, -0.05) is 30.3 Å². The Hall–Kier alpha value is -1.20. The van der Waals surface area contributed by atoms with E-state index >= 15 is 0 Å². The fraction of sp³-hybridized carbons (Fsp3) is 0.500. The van der Waals surface area contributed by atoms with Crippen LogP contribution in [0.25, 0.3) is 0 Å². The van der Waals surface area contributed by atoms with E-state index in [0.29, 0.717) is 19.5 Å². The molecule has 2 unspecified atom stereocenters. The number of sulfone groups is 1. The molecule has 4 nitrogen and oxygen atoms in total. The highest BCUT2D eigenvalue weighted by Crippen LogP contribution is 2.28. The summed E-state index contributed by atoms with van der Waals surface area (Å²) < 4.78 is 23.9. The van der Waals surface area contributed by atoms with Crippen LogP contribution in [0.2, 0.25) is 0 Å². The number of Topliss-reactive ketones (excluding diaryl/α,β-unsaturated/α-hetero) is 1. The third-order valence-electron chi connectivity index (χ3n) is 4.06. The van der Waals surface area contributed by atoms with Crippen molar-refractivity contribution in [2.45, 2.75) is 18.2 Å². The number of likely N-dealkylation sites (tertiary alicyclic amines) is 1. The van der Waals surface area contributed by atoms with Gasteiger partial charge in [-0.25, -0.2) is 8.42 Å². The minimum atomic E-state index is -3.22. The third kappa shape index (κ3) is 2.44. The van der Waals surface area contributed by atoms with E-state index in [-0.39, 0.29) is 17.5 Å². The topological polar surface area (TPSA) is 54.5 Å². The van der Waals surface area contributed by atoms with Crippen molar-refractivity contribution in [3.05, 3.63) is 35.9 Å². The summed E-state index contributed by atoms with van der Waals surface area (Å²) in [5.41, 5.74) is 1.16. The number of rotatable bonds is 2. The van der Waals surface area contributed by atoms with Crippen LogP contribution in [0.4, 0.5) is 0 Å². The minimum absolute atomic E-state index is 0.0597. The van der Waals surface area contributed by atoms with Crippen molar-refractivity contribution in [2.24, 2.45) is 5.92 Å². The summed E-state index contributed by atoms with van der Waals surface area (Å²) in [7, 11) is -3.22. The van der Waals surface area contributed by atoms with Gasteiger partial charge in [0.2, 0.25) is 0 Å². The lowest BCUT2D eigenvalue weighted by molar-refractivity contribution is -0.126. The van der Waals surface area contributed by atoms with E-state index in [1.165, 1.54) is 0 Å². The van der Waals surface area contributed by atoms with Gasteiger partial charge >= 0.3 is 0 Å². The Balaban J connectivity index is 1.78. The molecule has 0 N–H and O–H groups in total. The summed E-state index contributed by atoms with van der Waals surface area (Å²) >= 11 is 0. The second kappa shape index (κ2) is 4.72. The quantitative estimate of drug-likeness (QED) is 0.806. The van der Waals surface area contributed by atoms with Crippen LogP contribution < -0.4 is 0 Å². The molecule has 1 aromatic rings. The van der Waals surface area contributed by atoms with Crippen molar-refractivity contribution >= 4 is 15.6 Å². The van der Waals surface area contributed by atoms with Gasteiger partial charge in [0.1, 0.15) is 5.25 Å². The Bertz CT molecular complexity index is 582. The standard InChI is InChI=1S/C14H17NO3S/c16-14-12-6-7-19(17,18)13(14)10-15(9-12)8-11-4-2-1-3-5-11/h1-5,12-13H,6-10H2. The number of piperidine rings is 1. The second-order valence-corrected chi connectivity index (χ2v) is 7.73. The van der Waals surface area contributed by atoms with Gasteiger partial charge in [-0.15, -0.1) is 0 Å². The van der Waals surface area contributed by atoms with Crippen LogP contribution in [0.15, 0.2) is 30.3 Å². The van der Waals surface area contributed by atoms with Gasteiger partial charge in [-0.2, -0.15) is 0 Å². The van der Waals surface area contributed by atoms with Crippen LogP contribution in [0.3, 0.4) is 0 Å². The summed E-state index contributed by atoms with van der Waals surface area (Å²) in [5, 5.41) is -0.788. The first-order valence-electron chi connectivity index (χ1n) is 6.58. The van der Waals surface area contributed by atoms with Crippen LogP contribution >= 0.6 is 0 Å². The van der Waals surface area contributed by atoms with Crippen molar-refractivity contribution in [2.75, 3.05) is 18.8 Å². The van der Waals surface area contributed by atoms with Crippen LogP contribution in [-0.4, -0.2) is 43.2 Å². The molecule has 2 fully saturated rings. The number of carbonyl (C=O) groups is 1. The lowest BCUT2D eigenvalue weighted by Gasteiger charge is -2.39. The molecule has 2 saturated heterocycles. The highest BCUT2D eigenvalue weighted by Gasteiger charge is 2.46. The summed E-state index contributed by atoms with van der Waals surface area (Å²) in [5.74, 6) is 0.0225. The zero-order valence-corrected chi connectivity index (χ0v) is 11.5. The van der Waals surface area contributed by atoms with Gasteiger partial charge in [0.05, 0.1) is 5.75 Å². The maximum Gasteiger partial charge on any atom is 0.161 e. The first-order valence-corrected chi connectivity index (χ1v) is 8.29. The molecule has 1 aromatic carbocycles. The van der Waals surface area contributed by atoms with Crippen molar-refractivity contribution in [1.82, 2.24) is 4.90 Å². The number of carbonyl (C=O) groups excluding carboxylic acids is 1. The minimum Gasteiger partial charge on any atom is -0.298 e. The summed E-state index contributed by atoms with van der Waals surface area (Å²) in [6, 6.07) is 9.97. The summed E-state index contributed by atoms with van der Waals surface area (Å²) in [4.78, 5) is 14.1. The lowest BCUT2D eigenvalue weighted by Crippen LogP contribution is -2.56. The Morgan fingerprint density at radius 1 is 1.16 bits per heavy atom. The fourth-order valence-corrected chi connectivity index (χ4v) is 4.89. The molecule has 19 heavy (non-hydrogen) atoms. The number of hydrogen-bond donors (Lipinski definition) is 0. The van der Waals surface area contributed by atoms with Crippen molar-refractivity contribution in [3.8, 4) is 0 Å². The molecule has 0 aromatic heterocycles. The highest BCUT2D eigenvalue weighted by molar-refractivity contribution is 7.92. The Morgan fingerprint density at radius 2 is 1.89 bits per heavy atom. The maximum atomic E-state index is 12.0. The number of fused-ring (bicyclic) bond motifs is 2. The zero-order valence-electron chi connectivity index (χ0n) is 10.7. The normalized spacial score (nSPS) is 30.2. The van der Waals surface area contributed by atoms with Crippen LogP contribution in [0.5, 0.6) is 0 Å². The van der Waals surface area contributed by atoms with Crippen LogP contribution in [0.1, 0.15) is 12.0 Å². The molecule has 3 rings (SSSR count). The molecular weight excluding hydrogens is 262 g/mol. The summed E-state index contributed by atoms with van der Waals surface area (Å²) in [6.07, 6.45) is 0.489. The Morgan fingerprint density at radius 3 is 2.63 bits per heavy atom. The van der Waals surface area contributed by atoms with E-state index in [0.717, 1.165) is 12.1 Å². The number of ketones is 1. The van der Waals surface area contributed by atoms with Gasteiger partial charge in [-0.3, -0.25) is 9.69 Å². The fourth-order valence-electron chi connectivity index (χ4n) is 3.01. The van der Waals surface area contributed by atoms with E-state index in [4.69, 9.17) is 0 Å². The molecule has 102 valence electrons. The zero-order chi connectivity index (χ0) is 13.5. The van der Waals surface area contributed by atoms with E-state index in [1.54, 1.807) is 0 Å². The first-order chi connectivity index (χ1) is 9.06. The number of hydrogen-bond acceptors (Lipinski definition) is 4. The Kier molecular flexibility index (Phi) is 3.19. The SMILES string of the molecule is O=C1C2CCS(=O)(=O)C1CN(Cc1ccccc1)C2. The van der Waals surface area contributed by atoms with Gasteiger partial charge in [0, 0.05) is 25.6 Å². The van der Waals surface area contributed by atoms with Gasteiger partial charge in [0.15, 0.2) is 15.6 Å². The molecule has 5 heteroatoms. The number of benzene rings is 1. The van der Waals surface area contributed by atoms with Crippen LogP contribution in [0, 0.1) is 5.92 Å². The highest BCUT2D eigenvalue weighted by atomic mass is 32.2. The molecule has 0 amide bonds. The molecule has 2 atom stereocenters. The van der Waals surface area contributed by atoms with Gasteiger partial charge in [0.25, 0.3) is 0 Å². The predicted octanol–water partition coefficient (Wildman–Crippen LogP) is 0.875. The Labute approximate surface area is 113 Å². The van der Waals surface area contributed by atoms with E-state index < -0.39 is 15.1 Å². The molecule has 2 bridgehead atoms. The average molecular weight is 279 g/mol. The largest absolute Gasteiger partial charge is 0.298 e. The van der Waals surface area contributed by atoms with E-state index in [1.807, 2.05) is 30.3 Å². The molecule has 0 spiro atoms. The first kappa shape index (κ1) is 12.8. The van der Waals surface area contributed by atoms with Gasteiger partial charge in [-0.05, 0) is 12.0 Å². The molecule has 0 aliphatic carbocycles. The maximum absolute atomic E-state index is 12.0. The van der Waals surface area contributed by atoms with Gasteiger partial charge < -0.3 is 0 Å². The molecule has 0 saturated carbocycles. The van der Waals surface area contributed by atoms with E-state index in [9.17, 15) is 13.2 Å². The molecule has 2 aliphatic rings. The predicted molar refractivity (Wildman–Crippen MR) is 72.4 cm³/mol. The number of nitrogens with zero attached hydrogens (tertiary/aromatic N) is 1. The average Bonchev–Trinajstić information content (AvgIpc) is 2.38. The van der Waals surface area contributed by atoms with Crippen LogP contribution in [-0.2, 0) is 21.2 Å². The molecular formula is C14H17NO3S. The summed E-state index contributed by atoms with van der Waals surface area (Å²) in [6.45, 7) is 1.77. The molecule has 2 aliphatic heterocycles. The molecule has 0 radical (unpaired) electrons. The smallest absolute Gasteiger partial charge is 0.161 e. The third-order valence-corrected chi connectivity index (χ3v) is 6.11. The van der Waals surface area contributed by atoms with E-state index in [2.05, 4.69) is 4.90 Å². The van der Waals surface area contributed by atoms with Crippen molar-refractivity contribution in [3.63, 3.8) is 0 Å². The monoisotopic (exact) mass is 279 g/mol. The van der Waals surface area contributed by atoms with Crippen molar-refractivity contribution < 1.29 is 13.2 Å².